The van der Waals surface area contributed by atoms with E-state index in [1.165, 1.54) is 5.56 Å². The van der Waals surface area contributed by atoms with Crippen LogP contribution >= 0.6 is 11.6 Å². The molecule has 1 unspecified atom stereocenters. The first-order chi connectivity index (χ1) is 8.22. The maximum absolute atomic E-state index is 5.94. The molecule has 0 saturated carbocycles. The van der Waals surface area contributed by atoms with Gasteiger partial charge in [-0.15, -0.1) is 0 Å². The summed E-state index contributed by atoms with van der Waals surface area (Å²) < 4.78 is 0. The van der Waals surface area contributed by atoms with Gasteiger partial charge in [0, 0.05) is 34.9 Å². The zero-order chi connectivity index (χ0) is 11.8. The monoisotopic (exact) mass is 244 g/mol. The molecule has 1 aliphatic rings. The molecular weight excluding hydrogens is 232 g/mol. The van der Waals surface area contributed by atoms with Crippen molar-refractivity contribution in [3.05, 3.63) is 52.8 Å². The van der Waals surface area contributed by atoms with Crippen molar-refractivity contribution in [2.75, 3.05) is 0 Å². The fourth-order valence-electron chi connectivity index (χ4n) is 2.30. The van der Waals surface area contributed by atoms with E-state index in [0.717, 1.165) is 34.7 Å². The van der Waals surface area contributed by atoms with Gasteiger partial charge in [-0.25, -0.2) is 0 Å². The van der Waals surface area contributed by atoms with E-state index >= 15 is 0 Å². The molecule has 0 saturated heterocycles. The third kappa shape index (κ3) is 2.06. The third-order valence-corrected chi connectivity index (χ3v) is 3.43. The SMILES string of the molecule is NC1Cc2cc(-c3ccc(Cl)cc3)cnc2C1. The molecule has 3 heteroatoms. The van der Waals surface area contributed by atoms with Crippen molar-refractivity contribution < 1.29 is 0 Å². The third-order valence-electron chi connectivity index (χ3n) is 3.18. The number of nitrogens with two attached hydrogens (primary N) is 1. The molecule has 0 radical (unpaired) electrons. The summed E-state index contributed by atoms with van der Waals surface area (Å²) in [6, 6.07) is 10.3. The minimum atomic E-state index is 0.234. The van der Waals surface area contributed by atoms with Gasteiger partial charge in [0.15, 0.2) is 0 Å². The van der Waals surface area contributed by atoms with Gasteiger partial charge in [0.2, 0.25) is 0 Å². The van der Waals surface area contributed by atoms with E-state index in [1.807, 2.05) is 30.5 Å². The molecule has 1 aromatic carbocycles. The summed E-state index contributed by atoms with van der Waals surface area (Å²) in [4.78, 5) is 4.50. The lowest BCUT2D eigenvalue weighted by Gasteiger charge is -2.04. The number of fused-ring (bicyclic) bond motifs is 1. The summed E-state index contributed by atoms with van der Waals surface area (Å²) in [5, 5.41) is 0.755. The van der Waals surface area contributed by atoms with Gasteiger partial charge >= 0.3 is 0 Å². The molecule has 17 heavy (non-hydrogen) atoms. The van der Waals surface area contributed by atoms with Crippen molar-refractivity contribution in [2.24, 2.45) is 5.73 Å². The molecule has 0 aliphatic heterocycles. The lowest BCUT2D eigenvalue weighted by atomic mass is 10.1. The van der Waals surface area contributed by atoms with Gasteiger partial charge in [0.1, 0.15) is 0 Å². The molecule has 1 aliphatic carbocycles. The van der Waals surface area contributed by atoms with Crippen LogP contribution in [0.1, 0.15) is 11.3 Å². The molecule has 0 bridgehead atoms. The summed E-state index contributed by atoms with van der Waals surface area (Å²) in [6.07, 6.45) is 3.75. The van der Waals surface area contributed by atoms with Crippen LogP contribution < -0.4 is 5.73 Å². The predicted octanol–water partition coefficient (Wildman–Crippen LogP) is 2.83. The fourth-order valence-corrected chi connectivity index (χ4v) is 2.43. The van der Waals surface area contributed by atoms with Crippen molar-refractivity contribution in [1.82, 2.24) is 4.98 Å². The van der Waals surface area contributed by atoms with Crippen LogP contribution in [0.25, 0.3) is 11.1 Å². The first-order valence-corrected chi connectivity index (χ1v) is 6.09. The lowest BCUT2D eigenvalue weighted by molar-refractivity contribution is 0.716. The topological polar surface area (TPSA) is 38.9 Å². The van der Waals surface area contributed by atoms with E-state index in [2.05, 4.69) is 11.1 Å². The molecule has 2 aromatic rings. The van der Waals surface area contributed by atoms with Crippen LogP contribution in [0.3, 0.4) is 0 Å². The Kier molecular flexibility index (Phi) is 2.61. The van der Waals surface area contributed by atoms with Crippen LogP contribution in [0.15, 0.2) is 36.5 Å². The van der Waals surface area contributed by atoms with Crippen LogP contribution in [0.5, 0.6) is 0 Å². The molecule has 1 heterocycles. The van der Waals surface area contributed by atoms with Crippen LogP contribution in [-0.2, 0) is 12.8 Å². The van der Waals surface area contributed by atoms with Gasteiger partial charge in [-0.2, -0.15) is 0 Å². The molecule has 0 fully saturated rings. The van der Waals surface area contributed by atoms with Gasteiger partial charge in [-0.1, -0.05) is 23.7 Å². The van der Waals surface area contributed by atoms with Crippen LogP contribution in [0.2, 0.25) is 5.02 Å². The Hall–Kier alpha value is -1.38. The molecule has 0 spiro atoms. The van der Waals surface area contributed by atoms with Crippen molar-refractivity contribution in [2.45, 2.75) is 18.9 Å². The Morgan fingerprint density at radius 2 is 1.88 bits per heavy atom. The first-order valence-electron chi connectivity index (χ1n) is 5.72. The molecule has 2 N–H and O–H groups in total. The van der Waals surface area contributed by atoms with E-state index in [0.29, 0.717) is 0 Å². The standard InChI is InChI=1S/C14H13ClN2/c15-12-3-1-9(2-4-12)11-5-10-6-13(16)7-14(10)17-8-11/h1-5,8,13H,6-7,16H2. The quantitative estimate of drug-likeness (QED) is 0.838. The summed E-state index contributed by atoms with van der Waals surface area (Å²) in [5.74, 6) is 0. The van der Waals surface area contributed by atoms with Crippen molar-refractivity contribution in [1.29, 1.82) is 0 Å². The second kappa shape index (κ2) is 4.13. The lowest BCUT2D eigenvalue weighted by Crippen LogP contribution is -2.19. The number of rotatable bonds is 1. The molecular formula is C14H13ClN2. The molecule has 2 nitrogen and oxygen atoms in total. The summed E-state index contributed by atoms with van der Waals surface area (Å²) in [7, 11) is 0. The van der Waals surface area contributed by atoms with Crippen molar-refractivity contribution >= 4 is 11.6 Å². The maximum atomic E-state index is 5.94. The average Bonchev–Trinajstić information content (AvgIpc) is 2.69. The molecule has 3 rings (SSSR count). The summed E-state index contributed by atoms with van der Waals surface area (Å²) >= 11 is 5.88. The van der Waals surface area contributed by atoms with Crippen LogP contribution in [0.4, 0.5) is 0 Å². The van der Waals surface area contributed by atoms with E-state index in [9.17, 15) is 0 Å². The van der Waals surface area contributed by atoms with Gasteiger partial charge in [-0.05, 0) is 35.7 Å². The maximum Gasteiger partial charge on any atom is 0.0452 e. The predicted molar refractivity (Wildman–Crippen MR) is 70.1 cm³/mol. The Balaban J connectivity index is 2.00. The van der Waals surface area contributed by atoms with Gasteiger partial charge < -0.3 is 5.73 Å². The average molecular weight is 245 g/mol. The minimum absolute atomic E-state index is 0.234. The van der Waals surface area contributed by atoms with Crippen molar-refractivity contribution in [3.63, 3.8) is 0 Å². The van der Waals surface area contributed by atoms with Gasteiger partial charge in [0.25, 0.3) is 0 Å². The van der Waals surface area contributed by atoms with E-state index in [1.54, 1.807) is 0 Å². The highest BCUT2D eigenvalue weighted by Crippen LogP contribution is 2.26. The zero-order valence-corrected chi connectivity index (χ0v) is 10.1. The van der Waals surface area contributed by atoms with E-state index in [-0.39, 0.29) is 6.04 Å². The zero-order valence-electron chi connectivity index (χ0n) is 9.36. The van der Waals surface area contributed by atoms with Gasteiger partial charge in [-0.3, -0.25) is 4.98 Å². The van der Waals surface area contributed by atoms with Crippen molar-refractivity contribution in [3.8, 4) is 11.1 Å². The van der Waals surface area contributed by atoms with E-state index in [4.69, 9.17) is 17.3 Å². The number of hydrogen-bond acceptors (Lipinski definition) is 2. The Morgan fingerprint density at radius 3 is 2.65 bits per heavy atom. The highest BCUT2D eigenvalue weighted by Gasteiger charge is 2.19. The first kappa shape index (κ1) is 10.8. The summed E-state index contributed by atoms with van der Waals surface area (Å²) in [6.45, 7) is 0. The van der Waals surface area contributed by atoms with Crippen LogP contribution in [0, 0.1) is 0 Å². The number of aromatic nitrogens is 1. The van der Waals surface area contributed by atoms with Gasteiger partial charge in [0.05, 0.1) is 0 Å². The second-order valence-corrected chi connectivity index (χ2v) is 4.94. The molecule has 1 aromatic heterocycles. The fraction of sp³-hybridized carbons (Fsp3) is 0.214. The minimum Gasteiger partial charge on any atom is -0.327 e. The Bertz CT molecular complexity index is 549. The van der Waals surface area contributed by atoms with Crippen LogP contribution in [-0.4, -0.2) is 11.0 Å². The second-order valence-electron chi connectivity index (χ2n) is 4.51. The highest BCUT2D eigenvalue weighted by atomic mass is 35.5. The summed E-state index contributed by atoms with van der Waals surface area (Å²) in [5.41, 5.74) is 10.6. The highest BCUT2D eigenvalue weighted by molar-refractivity contribution is 6.30. The number of nitrogens with zero attached hydrogens (tertiary/aromatic N) is 1. The largest absolute Gasteiger partial charge is 0.327 e. The normalized spacial score (nSPS) is 18.1. The molecule has 86 valence electrons. The molecule has 0 amide bonds. The van der Waals surface area contributed by atoms with E-state index < -0.39 is 0 Å². The number of pyridine rings is 1. The molecule has 1 atom stereocenters. The Morgan fingerprint density at radius 1 is 1.12 bits per heavy atom. The Labute approximate surface area is 105 Å². The smallest absolute Gasteiger partial charge is 0.0452 e. The number of hydrogen-bond donors (Lipinski definition) is 1. The number of halogens is 1. The number of benzene rings is 1.